The van der Waals surface area contributed by atoms with Crippen LogP contribution in [0.1, 0.15) is 12.7 Å². The monoisotopic (exact) mass is 679 g/mol. The molecule has 8 nitrogen and oxygen atoms in total. The summed E-state index contributed by atoms with van der Waals surface area (Å²) in [6.07, 6.45) is 0.297. The third kappa shape index (κ3) is 4.08. The Morgan fingerprint density at radius 3 is 1.90 bits per heavy atom. The lowest BCUT2D eigenvalue weighted by atomic mass is 9.99. The average Bonchev–Trinajstić information content (AvgIpc) is 3.81. The van der Waals surface area contributed by atoms with E-state index in [0.29, 0.717) is 17.6 Å². The van der Waals surface area contributed by atoms with Gasteiger partial charge < -0.3 is 25.5 Å². The lowest BCUT2D eigenvalue weighted by Gasteiger charge is -2.14. The van der Waals surface area contributed by atoms with Gasteiger partial charge in [0.25, 0.3) is 0 Å². The minimum atomic E-state index is -0.932. The van der Waals surface area contributed by atoms with Crippen LogP contribution in [-0.2, 0) is 0 Å². The van der Waals surface area contributed by atoms with Gasteiger partial charge in [0.05, 0.1) is 25.9 Å². The highest BCUT2D eigenvalue weighted by Gasteiger charge is 2.28. The number of hydrogen-bond donors (Lipinski definition) is 5. The van der Waals surface area contributed by atoms with Gasteiger partial charge in [-0.2, -0.15) is 0 Å². The highest BCUT2D eigenvalue weighted by atomic mass is 32.1. The van der Waals surface area contributed by atoms with Gasteiger partial charge >= 0.3 is 0 Å². The lowest BCUT2D eigenvalue weighted by molar-refractivity contribution is 0.299. The summed E-state index contributed by atoms with van der Waals surface area (Å²) >= 11 is 3.24. The molecule has 0 aliphatic rings. The Morgan fingerprint density at radius 1 is 0.633 bits per heavy atom. The maximum atomic E-state index is 11.1. The summed E-state index contributed by atoms with van der Waals surface area (Å²) in [7, 11) is 0. The van der Waals surface area contributed by atoms with Gasteiger partial charge in [-0.25, -0.2) is 9.97 Å². The van der Waals surface area contributed by atoms with E-state index in [1.165, 1.54) is 18.3 Å². The molecule has 0 bridgehead atoms. The second-order valence-corrected chi connectivity index (χ2v) is 13.8. The van der Waals surface area contributed by atoms with Gasteiger partial charge in [-0.15, -0.1) is 22.7 Å². The van der Waals surface area contributed by atoms with Crippen LogP contribution in [0.5, 0.6) is 0 Å². The van der Waals surface area contributed by atoms with E-state index in [0.717, 1.165) is 67.5 Å². The Morgan fingerprint density at radius 2 is 1.20 bits per heavy atom. The van der Waals surface area contributed by atoms with E-state index in [1.807, 2.05) is 48.5 Å². The van der Waals surface area contributed by atoms with E-state index < -0.39 is 28.6 Å². The van der Waals surface area contributed by atoms with Crippen LogP contribution in [0.15, 0.2) is 126 Å². The van der Waals surface area contributed by atoms with Crippen LogP contribution in [0.25, 0.3) is 84.4 Å². The van der Waals surface area contributed by atoms with Gasteiger partial charge in [0, 0.05) is 36.3 Å². The minimum absolute atomic E-state index is 0.165. The fourth-order valence-corrected chi connectivity index (χ4v) is 9.26. The molecule has 0 saturated carbocycles. The van der Waals surface area contributed by atoms with Crippen LogP contribution in [-0.4, -0.2) is 40.1 Å². The molecule has 0 spiro atoms. The summed E-state index contributed by atoms with van der Waals surface area (Å²) in [5, 5.41) is 60.0. The zero-order valence-corrected chi connectivity index (χ0v) is 27.3. The van der Waals surface area contributed by atoms with Crippen molar-refractivity contribution < 1.29 is 25.5 Å². The van der Waals surface area contributed by atoms with Gasteiger partial charge in [0.15, 0.2) is 28.9 Å². The van der Waals surface area contributed by atoms with E-state index in [2.05, 4.69) is 53.1 Å². The Bertz CT molecular complexity index is 2960. The number of fused-ring (bicyclic) bond motifs is 13. The number of aliphatic hydroxyl groups excluding tert-OH is 5. The van der Waals surface area contributed by atoms with Crippen molar-refractivity contribution >= 4 is 101 Å². The summed E-state index contributed by atoms with van der Waals surface area (Å²) < 4.78 is 6.07. The summed E-state index contributed by atoms with van der Waals surface area (Å²) in [6.45, 7) is 1.23. The van der Waals surface area contributed by atoms with Crippen LogP contribution < -0.4 is 0 Å². The van der Waals surface area contributed by atoms with Gasteiger partial charge in [-0.05, 0) is 35.9 Å². The van der Waals surface area contributed by atoms with Gasteiger partial charge in [0.2, 0.25) is 0 Å². The summed E-state index contributed by atoms with van der Waals surface area (Å²) in [6, 6.07) is 32.8. The van der Waals surface area contributed by atoms with Crippen LogP contribution >= 0.6 is 22.7 Å². The normalized spacial score (nSPS) is 13.8. The average molecular weight is 680 g/mol. The highest BCUT2D eigenvalue weighted by molar-refractivity contribution is 7.27. The molecule has 0 radical (unpaired) electrons. The topological polar surface area (TPSA) is 132 Å². The summed E-state index contributed by atoms with van der Waals surface area (Å²) in [4.78, 5) is 9.87. The van der Waals surface area contributed by atoms with Crippen LogP contribution in [0.4, 0.5) is 0 Å². The zero-order chi connectivity index (χ0) is 33.6. The molecule has 238 valence electrons. The number of hydrogen-bond acceptors (Lipinski definition) is 9. The van der Waals surface area contributed by atoms with Gasteiger partial charge in [0.1, 0.15) is 17.6 Å². The van der Waals surface area contributed by atoms with Crippen molar-refractivity contribution in [1.29, 1.82) is 0 Å². The molecule has 0 aliphatic heterocycles. The molecule has 5 aromatic carbocycles. The SMILES string of the molecule is C\C(O)=C(O)/C(=C(O)\C(O)=C\O)c1nc(-n2c3ccccc3c3c4ccccc4c4c5ccccc5sc4c32)c2sc3ccccc3c2n1. The maximum absolute atomic E-state index is 11.1. The first-order valence-corrected chi connectivity index (χ1v) is 17.0. The van der Waals surface area contributed by atoms with Crippen molar-refractivity contribution in [1.82, 2.24) is 14.5 Å². The number of allylic oxidation sites excluding steroid dienone is 2. The molecule has 4 heterocycles. The Balaban J connectivity index is 1.56. The molecule has 0 unspecified atom stereocenters. The molecule has 0 aliphatic carbocycles. The molecule has 0 atom stereocenters. The highest BCUT2D eigenvalue weighted by Crippen LogP contribution is 2.49. The van der Waals surface area contributed by atoms with Crippen LogP contribution in [0, 0.1) is 0 Å². The number of benzene rings is 5. The second-order valence-electron chi connectivity index (χ2n) is 11.7. The Labute approximate surface area is 285 Å². The fraction of sp³-hybridized carbons (Fsp3) is 0.0256. The molecule has 0 amide bonds. The third-order valence-corrected chi connectivity index (χ3v) is 11.3. The summed E-state index contributed by atoms with van der Waals surface area (Å²) in [5.74, 6) is -2.81. The quantitative estimate of drug-likeness (QED) is 0.0923. The lowest BCUT2D eigenvalue weighted by Crippen LogP contribution is -2.08. The minimum Gasteiger partial charge on any atom is -0.512 e. The molecule has 9 rings (SSSR count). The van der Waals surface area contributed by atoms with Crippen LogP contribution in [0.3, 0.4) is 0 Å². The second kappa shape index (κ2) is 10.7. The van der Waals surface area contributed by atoms with E-state index in [9.17, 15) is 25.5 Å². The number of aliphatic hydroxyl groups is 5. The predicted molar refractivity (Wildman–Crippen MR) is 201 cm³/mol. The van der Waals surface area contributed by atoms with Gasteiger partial charge in [-0.1, -0.05) is 78.9 Å². The molecular weight excluding hydrogens is 655 g/mol. The smallest absolute Gasteiger partial charge is 0.193 e. The number of aromatic nitrogens is 3. The van der Waals surface area contributed by atoms with E-state index in [1.54, 1.807) is 11.3 Å². The van der Waals surface area contributed by atoms with Crippen molar-refractivity contribution in [2.45, 2.75) is 6.92 Å². The molecule has 0 fully saturated rings. The fourth-order valence-electron chi connectivity index (χ4n) is 6.88. The first-order valence-electron chi connectivity index (χ1n) is 15.4. The standard InChI is InChI=1S/C39H25N3O5S2/c1-19(44)34(46)31(35(47)26(45)18-43)38-40-32-24-14-6-9-17-28(24)49-37(32)39(41-38)42-25-15-7-4-12-22(25)29-20-10-2-3-11-21(20)30-23-13-5-8-16-27(23)48-36(30)33(29)42/h2-18,43-47H,1H3/b26-18-,34-19-,35-31-. The van der Waals surface area contributed by atoms with E-state index in [-0.39, 0.29) is 5.82 Å². The molecule has 4 aromatic heterocycles. The number of thiophene rings is 2. The molecule has 49 heavy (non-hydrogen) atoms. The van der Waals surface area contributed by atoms with Gasteiger partial charge in [-0.3, -0.25) is 4.57 Å². The molecule has 5 N–H and O–H groups in total. The van der Waals surface area contributed by atoms with Crippen molar-refractivity contribution in [2.24, 2.45) is 0 Å². The Hall–Kier alpha value is -6.10. The zero-order valence-electron chi connectivity index (χ0n) is 25.7. The van der Waals surface area contributed by atoms with E-state index >= 15 is 0 Å². The molecule has 0 saturated heterocycles. The van der Waals surface area contributed by atoms with Crippen molar-refractivity contribution in [2.75, 3.05) is 0 Å². The largest absolute Gasteiger partial charge is 0.512 e. The van der Waals surface area contributed by atoms with E-state index in [4.69, 9.17) is 9.97 Å². The number of rotatable bonds is 4. The van der Waals surface area contributed by atoms with Crippen molar-refractivity contribution in [3.63, 3.8) is 0 Å². The summed E-state index contributed by atoms with van der Waals surface area (Å²) in [5.41, 5.74) is 1.95. The Kier molecular flexibility index (Phi) is 6.35. The predicted octanol–water partition coefficient (Wildman–Crippen LogP) is 11.0. The third-order valence-electron chi connectivity index (χ3n) is 8.97. The van der Waals surface area contributed by atoms with Crippen molar-refractivity contribution in [3.05, 3.63) is 132 Å². The van der Waals surface area contributed by atoms with Crippen LogP contribution in [0.2, 0.25) is 0 Å². The molecule has 9 aromatic rings. The number of para-hydroxylation sites is 1. The van der Waals surface area contributed by atoms with Crippen molar-refractivity contribution in [3.8, 4) is 5.82 Å². The molecular formula is C39H25N3O5S2. The number of nitrogens with zero attached hydrogens (tertiary/aromatic N) is 3. The molecule has 10 heteroatoms. The maximum Gasteiger partial charge on any atom is 0.193 e. The first kappa shape index (κ1) is 29.1. The first-order chi connectivity index (χ1) is 23.9.